The average Bonchev–Trinajstić information content (AvgIpc) is 1.68. The van der Waals surface area contributed by atoms with Gasteiger partial charge in [0.1, 0.15) is 24.7 Å². The Morgan fingerprint density at radius 2 is 0.958 bits per heavy atom. The number of aromatic nitrogens is 5. The molecule has 8 aromatic rings. The molecule has 96 heavy (non-hydrogen) atoms. The number of thiol groups is 1. The number of amides is 3. The first kappa shape index (κ1) is 93.3. The number of aliphatic hydroxyl groups is 1. The van der Waals surface area contributed by atoms with Crippen LogP contribution in [0.3, 0.4) is 0 Å². The van der Waals surface area contributed by atoms with Crippen LogP contribution in [0.2, 0.25) is 5.15 Å². The second-order valence-corrected chi connectivity index (χ2v) is 20.9. The zero-order valence-electron chi connectivity index (χ0n) is 54.2. The van der Waals surface area contributed by atoms with Crippen molar-refractivity contribution in [3.05, 3.63) is 123 Å². The van der Waals surface area contributed by atoms with Crippen LogP contribution in [-0.2, 0) is 52.4 Å². The van der Waals surface area contributed by atoms with E-state index in [1.807, 2.05) is 0 Å². The number of ether oxygens (including phenoxy) is 8. The molecule has 8 heterocycles. The topological polar surface area (TPSA) is 471 Å². The number of fused-ring (bicyclic) bond motifs is 3. The minimum absolute atomic E-state index is 0. The van der Waals surface area contributed by atoms with Gasteiger partial charge < -0.3 is 76.9 Å². The van der Waals surface area contributed by atoms with Crippen molar-refractivity contribution < 1.29 is 167 Å². The number of primary amides is 3. The van der Waals surface area contributed by atoms with Crippen LogP contribution in [-0.4, -0.2) is 185 Å². The number of thiophene rings is 3. The van der Waals surface area contributed by atoms with Crippen LogP contribution in [0.5, 0.6) is 17.2 Å². The molecular weight excluding hydrogens is 1470 g/mol. The van der Waals surface area contributed by atoms with E-state index in [-0.39, 0.29) is 145 Å². The van der Waals surface area contributed by atoms with Gasteiger partial charge in [-0.05, 0) is 81.4 Å². The van der Waals surface area contributed by atoms with E-state index in [2.05, 4.69) is 78.2 Å². The van der Waals surface area contributed by atoms with Crippen molar-refractivity contribution >= 4 is 176 Å². The molecule has 0 spiro atoms. The van der Waals surface area contributed by atoms with Crippen LogP contribution in [0, 0.1) is 0 Å². The number of thioether (sulfide) groups is 1. The molecular formula is C57H66BrClN8Na2O22S5. The molecule has 0 aliphatic heterocycles. The molecule has 0 unspecified atom stereocenters. The molecule has 3 amide bonds. The Labute approximate surface area is 630 Å². The number of carbonyl (C=O) groups excluding carboxylic acids is 9. The Morgan fingerprint density at radius 3 is 1.35 bits per heavy atom. The van der Waals surface area contributed by atoms with Gasteiger partial charge in [-0.2, -0.15) is 19.7 Å². The van der Waals surface area contributed by atoms with Crippen molar-refractivity contribution in [1.29, 1.82) is 0 Å². The third-order valence-electron chi connectivity index (χ3n) is 9.58. The maximum Gasteiger partial charge on any atom is 1.00 e. The van der Waals surface area contributed by atoms with Gasteiger partial charge in [0.05, 0.1) is 85.3 Å². The summed E-state index contributed by atoms with van der Waals surface area (Å²) >= 11 is 16.6. The number of rotatable bonds is 19. The third-order valence-corrected chi connectivity index (χ3v) is 14.9. The Hall–Kier alpha value is -6.88. The first-order valence-corrected chi connectivity index (χ1v) is 31.6. The largest absolute Gasteiger partial charge is 1.00 e. The molecule has 0 fully saturated rings. The number of methoxy groups -OCH3 is 3. The summed E-state index contributed by atoms with van der Waals surface area (Å²) in [4.78, 5) is 131. The number of aromatic hydroxyl groups is 1. The maximum atomic E-state index is 11.6. The van der Waals surface area contributed by atoms with E-state index in [1.54, 1.807) is 106 Å². The summed E-state index contributed by atoms with van der Waals surface area (Å²) in [5, 5.41) is 36.6. The molecule has 8 aromatic heterocycles. The number of carboxylic acids is 1. The smallest absolute Gasteiger partial charge is 1.00 e. The predicted octanol–water partition coefficient (Wildman–Crippen LogP) is 0.0806. The molecule has 0 aliphatic carbocycles. The second kappa shape index (κ2) is 54.2. The molecule has 39 heteroatoms. The number of carbonyl (C=O) groups is 10. The van der Waals surface area contributed by atoms with Gasteiger partial charge in [-0.15, -0.1) is 34.0 Å². The van der Waals surface area contributed by atoms with E-state index in [1.165, 1.54) is 27.5 Å². The number of nitrogens with zero attached hydrogens (tertiary/aromatic N) is 5. The van der Waals surface area contributed by atoms with Crippen molar-refractivity contribution in [3.63, 3.8) is 0 Å². The fourth-order valence-corrected chi connectivity index (χ4v) is 9.91. The van der Waals surface area contributed by atoms with Gasteiger partial charge >= 0.3 is 101 Å². The molecule has 0 radical (unpaired) electrons. The van der Waals surface area contributed by atoms with Gasteiger partial charge in [0.2, 0.25) is 5.91 Å². The summed E-state index contributed by atoms with van der Waals surface area (Å²) in [7, 11) is 5.62. The van der Waals surface area contributed by atoms with Gasteiger partial charge in [0, 0.05) is 38.1 Å². The summed E-state index contributed by atoms with van der Waals surface area (Å²) in [6.45, 7) is 5.66. The Balaban J connectivity index is -0.000000526. The molecule has 0 saturated heterocycles. The molecule has 0 aromatic carbocycles. The molecule has 512 valence electrons. The van der Waals surface area contributed by atoms with Crippen LogP contribution in [0.4, 0.5) is 0 Å². The van der Waals surface area contributed by atoms with Crippen molar-refractivity contribution in [2.45, 2.75) is 25.8 Å². The minimum Gasteiger partial charge on any atom is -1.00 e. The van der Waals surface area contributed by atoms with E-state index in [9.17, 15) is 53.1 Å². The number of aromatic carboxylic acids is 1. The number of nitrogens with two attached hydrogens (primary N) is 3. The monoisotopic (exact) mass is 1530 g/mol. The fraction of sp³-hybridized carbons (Fsp3) is 0.281. The number of esters is 6. The Kier molecular flexibility index (Phi) is 52.6. The normalized spacial score (nSPS) is 9.30. The van der Waals surface area contributed by atoms with Crippen molar-refractivity contribution in [3.8, 4) is 17.2 Å². The number of aliphatic hydroxyl groups excluding tert-OH is 1. The number of pyridine rings is 5. The van der Waals surface area contributed by atoms with E-state index in [0.717, 1.165) is 60.0 Å². The van der Waals surface area contributed by atoms with Gasteiger partial charge in [0.25, 0.3) is 11.8 Å². The number of carboxylic acid groups (broad SMARTS) is 1. The fourth-order valence-electron chi connectivity index (χ4n) is 5.92. The number of alkyl halides is 1. The van der Waals surface area contributed by atoms with Gasteiger partial charge in [-0.3, -0.25) is 24.0 Å². The molecule has 30 nitrogen and oxygen atoms in total. The standard InChI is InChI=1S/C11H10N2O4S.C11H13NO4S.C10H8N2O4S.C9H7NO3S.C8H8ClNO2.C4H8O2S.C2H4BrNO.CH4O.CH3O.2Na.H/c1-16-11(15)9-8(17-5-7(12)14)6-3-2-4-13-10(6)18-9;1-3-16-11(14)8-5-4-6-12-10(8)17-7-9(13)15-2;11-6(13)4-16-7-5-2-1-3-12-9(5)17-8(7)10(14)15;1-13-9(12)7-6(11)5-3-2-4-10-8(5)14-7;1-2-12-8(11)6-4-3-5-10-7(6)9;1-2-6-4(5)3-7;3-1-2(4)5;2*1-2;;;/h2-4H,5H2,1H3,(H2,12,14);4-6H,3,7H2,1-2H3;1-3H,4H2,(H2,11,13)(H,14,15);2-4,11H,1H3;3-5H,2H2,1H3;7H,2-3H2,1H3;1H2,(H2,4,5);2H,1H3;1H3;;;/q;;;;;;;;-1;2*+1;-1. The molecule has 8 rings (SSSR count). The van der Waals surface area contributed by atoms with Crippen molar-refractivity contribution in [1.82, 2.24) is 24.9 Å². The van der Waals surface area contributed by atoms with Crippen LogP contribution < -0.4 is 90.9 Å². The summed E-state index contributed by atoms with van der Waals surface area (Å²) in [5.74, 6) is -4.62. The van der Waals surface area contributed by atoms with Crippen molar-refractivity contribution in [2.75, 3.05) is 85.4 Å². The second-order valence-electron chi connectivity index (χ2n) is 15.7. The first-order chi connectivity index (χ1) is 45.0. The van der Waals surface area contributed by atoms with Gasteiger partial charge in [-0.1, -0.05) is 39.3 Å². The molecule has 9 N–H and O–H groups in total. The van der Waals surface area contributed by atoms with E-state index in [4.69, 9.17) is 57.3 Å². The Morgan fingerprint density at radius 1 is 0.573 bits per heavy atom. The predicted molar refractivity (Wildman–Crippen MR) is 356 cm³/mol. The molecule has 0 bridgehead atoms. The SMILES string of the molecule is CCOC(=O)CS.CCOC(=O)c1cccnc1Cl.CCOC(=O)c1cccnc1SCC(=O)OC.CO.COC(=O)c1sc2ncccc2c1O.COC(=O)c1sc2ncccc2c1OCC(N)=O.C[O-].NC(=O)CBr.NC(=O)COc1c(C(=O)O)sc2ncccc12.[H-].[Na+].[Na+]. The minimum atomic E-state index is -1.12. The number of hydrogen-bond acceptors (Lipinski definition) is 31. The van der Waals surface area contributed by atoms with Crippen LogP contribution >= 0.6 is 85.9 Å². The summed E-state index contributed by atoms with van der Waals surface area (Å²) in [5.41, 5.74) is 15.3. The summed E-state index contributed by atoms with van der Waals surface area (Å²) in [6.07, 6.45) is 7.85. The molecule has 0 saturated carbocycles. The summed E-state index contributed by atoms with van der Waals surface area (Å²) < 4.78 is 38.2. The van der Waals surface area contributed by atoms with E-state index < -0.39 is 41.7 Å². The third kappa shape index (κ3) is 33.9. The van der Waals surface area contributed by atoms with Crippen molar-refractivity contribution in [2.24, 2.45) is 17.2 Å². The van der Waals surface area contributed by atoms with Crippen LogP contribution in [0.15, 0.2) is 96.7 Å². The molecule has 0 aliphatic rings. The van der Waals surface area contributed by atoms with Gasteiger partial charge in [0.15, 0.2) is 45.1 Å². The zero-order valence-corrected chi connectivity index (χ0v) is 63.7. The van der Waals surface area contributed by atoms with E-state index in [0.29, 0.717) is 66.6 Å². The van der Waals surface area contributed by atoms with E-state index >= 15 is 0 Å². The molecule has 0 atom stereocenters. The zero-order chi connectivity index (χ0) is 71.3. The number of halogens is 2. The van der Waals surface area contributed by atoms with Crippen LogP contribution in [0.1, 0.15) is 71.9 Å². The summed E-state index contributed by atoms with van der Waals surface area (Å²) in [6, 6.07) is 16.7. The first-order valence-electron chi connectivity index (χ1n) is 26.1. The Bertz CT molecular complexity index is 3750. The average molecular weight is 1540 g/mol. The quantitative estimate of drug-likeness (QED) is 0.0107. The maximum absolute atomic E-state index is 11.6. The van der Waals surface area contributed by atoms with Crippen LogP contribution in [0.25, 0.3) is 30.6 Å². The number of hydrogen-bond donors (Lipinski definition) is 7. The van der Waals surface area contributed by atoms with Gasteiger partial charge in [-0.25, -0.2) is 48.9 Å².